The number of methoxy groups -OCH3 is 1. The van der Waals surface area contributed by atoms with Crippen molar-refractivity contribution in [1.82, 2.24) is 4.90 Å². The zero-order valence-electron chi connectivity index (χ0n) is 22.1. The first-order valence-electron chi connectivity index (χ1n) is 13.4. The van der Waals surface area contributed by atoms with E-state index in [9.17, 15) is 18.8 Å². The lowest BCUT2D eigenvalue weighted by molar-refractivity contribution is -0.122. The minimum absolute atomic E-state index is 0.259. The van der Waals surface area contributed by atoms with E-state index in [0.29, 0.717) is 22.6 Å². The van der Waals surface area contributed by atoms with Gasteiger partial charge in [-0.05, 0) is 65.2 Å². The zero-order chi connectivity index (χ0) is 28.3. The van der Waals surface area contributed by atoms with E-state index in [1.807, 2.05) is 65.7 Å². The molecule has 4 aromatic carbocycles. The van der Waals surface area contributed by atoms with E-state index in [2.05, 4.69) is 5.32 Å². The molecule has 3 aliphatic heterocycles. The Morgan fingerprint density at radius 1 is 0.878 bits per heavy atom. The lowest BCUT2D eigenvalue weighted by atomic mass is 9.62. The molecule has 1 saturated heterocycles. The molecule has 202 valence electrons. The third-order valence-corrected chi connectivity index (χ3v) is 8.60. The number of hydrogen-bond donors (Lipinski definition) is 1. The summed E-state index contributed by atoms with van der Waals surface area (Å²) in [5.74, 6) is -2.15. The van der Waals surface area contributed by atoms with Gasteiger partial charge in [0.25, 0.3) is 0 Å². The van der Waals surface area contributed by atoms with E-state index in [1.54, 1.807) is 24.3 Å². The average molecular weight is 545 g/mol. The Hall–Kier alpha value is -5.04. The monoisotopic (exact) mass is 544 g/mol. The lowest BCUT2D eigenvalue weighted by Crippen LogP contribution is -2.49. The molecule has 0 aliphatic carbocycles. The quantitative estimate of drug-likeness (QED) is 0.321. The van der Waals surface area contributed by atoms with Crippen LogP contribution in [0.5, 0.6) is 5.75 Å². The van der Waals surface area contributed by atoms with Gasteiger partial charge in [0, 0.05) is 23.0 Å². The number of rotatable bonds is 5. The van der Waals surface area contributed by atoms with Crippen LogP contribution >= 0.6 is 0 Å². The van der Waals surface area contributed by atoms with E-state index in [0.717, 1.165) is 11.1 Å². The van der Waals surface area contributed by atoms with Crippen LogP contribution in [0, 0.1) is 11.7 Å². The summed E-state index contributed by atoms with van der Waals surface area (Å²) in [6.45, 7) is 0. The molecule has 4 unspecified atom stereocenters. The summed E-state index contributed by atoms with van der Waals surface area (Å²) in [6, 6.07) is 25.5. The smallest absolute Gasteiger partial charge is 0.238 e. The van der Waals surface area contributed by atoms with Gasteiger partial charge in [-0.2, -0.15) is 0 Å². The average Bonchev–Trinajstić information content (AvgIpc) is 3.49. The predicted octanol–water partition coefficient (Wildman–Crippen LogP) is 5.82. The van der Waals surface area contributed by atoms with Gasteiger partial charge >= 0.3 is 0 Å². The van der Waals surface area contributed by atoms with Crippen LogP contribution in [0.4, 0.5) is 10.1 Å². The fraction of sp³-hybridized carbons (Fsp3) is 0.147. The first-order chi connectivity index (χ1) is 19.9. The molecule has 6 nitrogen and oxygen atoms in total. The maximum Gasteiger partial charge on any atom is 0.238 e. The second kappa shape index (κ2) is 9.27. The second-order valence-corrected chi connectivity index (χ2v) is 10.6. The van der Waals surface area contributed by atoms with Crippen LogP contribution in [0.2, 0.25) is 0 Å². The molecule has 1 fully saturated rings. The van der Waals surface area contributed by atoms with Gasteiger partial charge in [-0.3, -0.25) is 14.4 Å². The van der Waals surface area contributed by atoms with Crippen LogP contribution in [-0.4, -0.2) is 35.5 Å². The normalized spacial score (nSPS) is 23.5. The number of carbonyl (C=O) groups is 3. The van der Waals surface area contributed by atoms with E-state index in [1.165, 1.54) is 31.4 Å². The summed E-state index contributed by atoms with van der Waals surface area (Å²) < 4.78 is 19.3. The van der Waals surface area contributed by atoms with Crippen LogP contribution < -0.4 is 10.1 Å². The summed E-state index contributed by atoms with van der Waals surface area (Å²) in [7, 11) is 1.52. The molecule has 7 rings (SSSR count). The van der Waals surface area contributed by atoms with Crippen LogP contribution in [0.1, 0.15) is 43.4 Å². The Labute approximate surface area is 236 Å². The number of hydrogen-bond acceptors (Lipinski definition) is 5. The summed E-state index contributed by atoms with van der Waals surface area (Å²) in [5, 5.41) is 3.03. The fourth-order valence-corrected chi connectivity index (χ4v) is 6.91. The van der Waals surface area contributed by atoms with Crippen LogP contribution in [0.3, 0.4) is 0 Å². The molecule has 0 saturated carbocycles. The molecule has 3 heterocycles. The molecular weight excluding hydrogens is 519 g/mol. The SMILES string of the molecule is COc1cccc(C(=O)C2C(C(=O)c3ccc(F)cc3)N3C=Cc4ccccc4C3C23C(=O)Nc2ccccc23)c1. The number of nitrogens with zero attached hydrogens (tertiary/aromatic N) is 1. The van der Waals surface area contributed by atoms with Crippen molar-refractivity contribution < 1.29 is 23.5 Å². The predicted molar refractivity (Wildman–Crippen MR) is 152 cm³/mol. The number of anilines is 1. The van der Waals surface area contributed by atoms with E-state index >= 15 is 0 Å². The van der Waals surface area contributed by atoms with Crippen molar-refractivity contribution in [2.45, 2.75) is 17.5 Å². The Morgan fingerprint density at radius 2 is 1.63 bits per heavy atom. The molecule has 0 aromatic heterocycles. The highest BCUT2D eigenvalue weighted by molar-refractivity contribution is 6.16. The number of ketones is 2. The minimum Gasteiger partial charge on any atom is -0.497 e. The first kappa shape index (κ1) is 25.0. The molecule has 41 heavy (non-hydrogen) atoms. The zero-order valence-corrected chi connectivity index (χ0v) is 22.1. The van der Waals surface area contributed by atoms with Gasteiger partial charge in [0.2, 0.25) is 5.91 Å². The van der Waals surface area contributed by atoms with Gasteiger partial charge in [-0.1, -0.05) is 54.6 Å². The second-order valence-electron chi connectivity index (χ2n) is 10.6. The largest absolute Gasteiger partial charge is 0.497 e. The van der Waals surface area contributed by atoms with Crippen molar-refractivity contribution in [1.29, 1.82) is 0 Å². The Morgan fingerprint density at radius 3 is 2.44 bits per heavy atom. The molecule has 3 aliphatic rings. The molecule has 0 bridgehead atoms. The number of fused-ring (bicyclic) bond motifs is 6. The third kappa shape index (κ3) is 3.51. The molecule has 1 N–H and O–H groups in total. The molecule has 1 amide bonds. The van der Waals surface area contributed by atoms with Gasteiger partial charge in [0.1, 0.15) is 23.0 Å². The minimum atomic E-state index is -1.43. The number of para-hydroxylation sites is 1. The highest BCUT2D eigenvalue weighted by atomic mass is 19.1. The van der Waals surface area contributed by atoms with Gasteiger partial charge in [0.15, 0.2) is 11.6 Å². The maximum absolute atomic E-state index is 14.8. The third-order valence-electron chi connectivity index (χ3n) is 8.60. The Balaban J connectivity index is 1.53. The summed E-state index contributed by atoms with van der Waals surface area (Å²) in [5.41, 5.74) is 2.20. The summed E-state index contributed by atoms with van der Waals surface area (Å²) >= 11 is 0. The summed E-state index contributed by atoms with van der Waals surface area (Å²) in [4.78, 5) is 45.5. The number of ether oxygens (including phenoxy) is 1. The van der Waals surface area contributed by atoms with Crippen molar-refractivity contribution in [3.8, 4) is 5.75 Å². The van der Waals surface area contributed by atoms with Crippen molar-refractivity contribution >= 4 is 29.2 Å². The topological polar surface area (TPSA) is 75.7 Å². The van der Waals surface area contributed by atoms with Gasteiger partial charge in [-0.25, -0.2) is 4.39 Å². The van der Waals surface area contributed by atoms with Gasteiger partial charge in [-0.15, -0.1) is 0 Å². The van der Waals surface area contributed by atoms with Gasteiger partial charge in [0.05, 0.1) is 19.1 Å². The Bertz CT molecular complexity index is 1760. The van der Waals surface area contributed by atoms with E-state index < -0.39 is 29.2 Å². The Kier molecular flexibility index (Phi) is 5.64. The molecule has 4 aromatic rings. The first-order valence-corrected chi connectivity index (χ1v) is 13.4. The van der Waals surface area contributed by atoms with E-state index in [4.69, 9.17) is 4.74 Å². The number of benzene rings is 4. The van der Waals surface area contributed by atoms with Gasteiger partial charge < -0.3 is 15.0 Å². The highest BCUT2D eigenvalue weighted by Crippen LogP contribution is 2.62. The standard InChI is InChI=1S/C34H25FN2O4/c1-41-24-9-6-8-22(19-24)30(38)28-29(31(39)21-13-15-23(35)16-14-21)37-18-17-20-7-2-3-10-25(20)32(37)34(28)26-11-4-5-12-27(26)36-33(34)40/h2-19,28-29,32H,1H3,(H,36,40). The number of nitrogens with one attached hydrogen (secondary N) is 1. The van der Waals surface area contributed by atoms with Crippen molar-refractivity contribution in [2.24, 2.45) is 5.92 Å². The van der Waals surface area contributed by atoms with E-state index in [-0.39, 0.29) is 23.0 Å². The lowest BCUT2D eigenvalue weighted by Gasteiger charge is -2.38. The maximum atomic E-state index is 14.8. The van der Waals surface area contributed by atoms with Crippen LogP contribution in [0.15, 0.2) is 103 Å². The molecule has 4 atom stereocenters. The summed E-state index contributed by atoms with van der Waals surface area (Å²) in [6.07, 6.45) is 3.72. The van der Waals surface area contributed by atoms with Crippen molar-refractivity contribution in [3.05, 3.63) is 137 Å². The number of Topliss-reactive ketones (excluding diaryl/α,β-unsaturated/α-hetero) is 2. The van der Waals surface area contributed by atoms with Crippen LogP contribution in [-0.2, 0) is 10.2 Å². The molecule has 1 spiro atoms. The molecular formula is C34H25FN2O4. The highest BCUT2D eigenvalue weighted by Gasteiger charge is 2.70. The molecule has 7 heteroatoms. The van der Waals surface area contributed by atoms with Crippen LogP contribution in [0.25, 0.3) is 6.08 Å². The number of amides is 1. The fourth-order valence-electron chi connectivity index (χ4n) is 6.91. The number of halogens is 1. The van der Waals surface area contributed by atoms with Crippen molar-refractivity contribution in [3.63, 3.8) is 0 Å². The number of carbonyl (C=O) groups excluding carboxylic acids is 3. The van der Waals surface area contributed by atoms with Crippen molar-refractivity contribution in [2.75, 3.05) is 12.4 Å². The molecule has 0 radical (unpaired) electrons.